The van der Waals surface area contributed by atoms with Crippen molar-refractivity contribution in [1.29, 1.82) is 0 Å². The minimum Gasteiger partial charge on any atom is -0.465 e. The van der Waals surface area contributed by atoms with Gasteiger partial charge in [-0.3, -0.25) is 0 Å². The van der Waals surface area contributed by atoms with Crippen LogP contribution in [0.5, 0.6) is 0 Å². The summed E-state index contributed by atoms with van der Waals surface area (Å²) in [5.41, 5.74) is 3.42. The van der Waals surface area contributed by atoms with Crippen molar-refractivity contribution in [2.24, 2.45) is 0 Å². The highest BCUT2D eigenvalue weighted by Gasteiger charge is 2.33. The predicted octanol–water partition coefficient (Wildman–Crippen LogP) is 6.76. The van der Waals surface area contributed by atoms with Gasteiger partial charge < -0.3 is 19.5 Å². The minimum absolute atomic E-state index is 0.0507. The first-order valence-electron chi connectivity index (χ1n) is 12.9. The Morgan fingerprint density at radius 1 is 1.08 bits per heavy atom. The van der Waals surface area contributed by atoms with Crippen LogP contribution in [0.15, 0.2) is 60.7 Å². The number of amides is 1. The molecule has 1 aliphatic carbocycles. The van der Waals surface area contributed by atoms with Crippen molar-refractivity contribution in [3.8, 4) is 11.1 Å². The number of fused-ring (bicyclic) bond motifs is 1. The largest absolute Gasteiger partial charge is 0.465 e. The topological polar surface area (TPSA) is 76.1 Å². The molecule has 6 nitrogen and oxygen atoms in total. The van der Waals surface area contributed by atoms with E-state index < -0.39 is 29.6 Å². The van der Waals surface area contributed by atoms with Crippen molar-refractivity contribution in [2.75, 3.05) is 13.7 Å². The van der Waals surface area contributed by atoms with Gasteiger partial charge in [-0.15, -0.1) is 0 Å². The van der Waals surface area contributed by atoms with Gasteiger partial charge in [-0.05, 0) is 92.1 Å². The van der Waals surface area contributed by atoms with Crippen LogP contribution in [0.1, 0.15) is 60.3 Å². The number of nitrogens with zero attached hydrogens (tertiary/aromatic N) is 1. The number of hydrogen-bond donors (Lipinski definition) is 1. The molecular weight excluding hydrogens is 521 g/mol. The molecule has 1 amide bonds. The zero-order chi connectivity index (χ0) is 28.3. The van der Waals surface area contributed by atoms with Gasteiger partial charge in [0.2, 0.25) is 0 Å². The molecule has 4 rings (SSSR count). The minimum atomic E-state index is -0.944. The average molecular weight is 554 g/mol. The third kappa shape index (κ3) is 6.97. The van der Waals surface area contributed by atoms with Crippen LogP contribution in [0.3, 0.4) is 0 Å². The third-order valence-corrected chi connectivity index (χ3v) is 7.02. The van der Waals surface area contributed by atoms with Crippen molar-refractivity contribution in [3.63, 3.8) is 0 Å². The van der Waals surface area contributed by atoms with Crippen molar-refractivity contribution in [3.05, 3.63) is 93.8 Å². The van der Waals surface area contributed by atoms with Crippen molar-refractivity contribution in [1.82, 2.24) is 4.90 Å². The number of aryl methyl sites for hydroxylation is 1. The van der Waals surface area contributed by atoms with E-state index in [1.165, 1.54) is 19.2 Å². The van der Waals surface area contributed by atoms with Crippen LogP contribution in [-0.4, -0.2) is 47.4 Å². The molecule has 0 aliphatic heterocycles. The lowest BCUT2D eigenvalue weighted by Crippen LogP contribution is -2.47. The summed E-state index contributed by atoms with van der Waals surface area (Å²) in [7, 11) is 1.21. The highest BCUT2D eigenvalue weighted by Crippen LogP contribution is 2.32. The second-order valence-corrected chi connectivity index (χ2v) is 11.2. The molecule has 0 radical (unpaired) electrons. The number of ether oxygens (including phenoxy) is 2. The molecular formula is C31H33ClFNO5. The summed E-state index contributed by atoms with van der Waals surface area (Å²) in [5, 5.41) is 11.5. The number of hydrogen-bond acceptors (Lipinski definition) is 5. The fraction of sp³-hybridized carbons (Fsp3) is 0.355. The summed E-state index contributed by atoms with van der Waals surface area (Å²) in [6.45, 7) is 5.48. The maximum Gasteiger partial charge on any atom is 0.410 e. The highest BCUT2D eigenvalue weighted by molar-refractivity contribution is 6.30. The van der Waals surface area contributed by atoms with E-state index in [0.29, 0.717) is 29.0 Å². The molecule has 1 aliphatic rings. The molecule has 0 fully saturated rings. The standard InChI is InChI=1S/C31H33ClFNO5/c1-31(2,3)39-30(37)34(18-28(35)22-6-5-7-24(32)15-22)25-12-10-19-8-9-20(14-23(19)16-25)21-11-13-26(27(33)17-21)29(36)38-4/h5-9,11,13-15,17,25,28,35H,10,12,16,18H2,1-4H3/t25-,28+/m0/s1. The van der Waals surface area contributed by atoms with E-state index in [-0.39, 0.29) is 18.2 Å². The summed E-state index contributed by atoms with van der Waals surface area (Å²) in [6.07, 6.45) is 0.556. The Morgan fingerprint density at radius 3 is 2.46 bits per heavy atom. The molecule has 3 aromatic rings. The van der Waals surface area contributed by atoms with E-state index in [1.54, 1.807) is 35.2 Å². The zero-order valence-electron chi connectivity index (χ0n) is 22.5. The van der Waals surface area contributed by atoms with Gasteiger partial charge >= 0.3 is 12.1 Å². The maximum atomic E-state index is 14.6. The fourth-order valence-corrected chi connectivity index (χ4v) is 5.05. The van der Waals surface area contributed by atoms with Crippen molar-refractivity contribution < 1.29 is 28.6 Å². The van der Waals surface area contributed by atoms with E-state index in [9.17, 15) is 19.1 Å². The Morgan fingerprint density at radius 2 is 1.79 bits per heavy atom. The predicted molar refractivity (Wildman–Crippen MR) is 148 cm³/mol. The van der Waals surface area contributed by atoms with E-state index in [4.69, 9.17) is 16.3 Å². The number of benzene rings is 3. The fourth-order valence-electron chi connectivity index (χ4n) is 4.85. The van der Waals surface area contributed by atoms with Crippen molar-refractivity contribution >= 4 is 23.7 Å². The van der Waals surface area contributed by atoms with Crippen LogP contribution in [0.2, 0.25) is 5.02 Å². The maximum absolute atomic E-state index is 14.6. The first-order chi connectivity index (χ1) is 18.4. The molecule has 8 heteroatoms. The molecule has 0 heterocycles. The molecule has 0 saturated heterocycles. The first kappa shape index (κ1) is 28.6. The van der Waals surface area contributed by atoms with Crippen LogP contribution in [0, 0.1) is 5.82 Å². The van der Waals surface area contributed by atoms with Crippen LogP contribution in [0.25, 0.3) is 11.1 Å². The van der Waals surface area contributed by atoms with Gasteiger partial charge in [0, 0.05) is 11.1 Å². The molecule has 0 spiro atoms. The molecule has 0 bridgehead atoms. The monoisotopic (exact) mass is 553 g/mol. The molecule has 0 saturated carbocycles. The summed E-state index contributed by atoms with van der Waals surface area (Å²) >= 11 is 6.12. The molecule has 0 aromatic heterocycles. The lowest BCUT2D eigenvalue weighted by molar-refractivity contribution is 0.00195. The SMILES string of the molecule is COC(=O)c1ccc(-c2ccc3c(c2)C[C@@H](N(C[C@@H](O)c2cccc(Cl)c2)C(=O)OC(C)(C)C)CC3)cc1F. The normalized spacial score (nSPS) is 15.7. The van der Waals surface area contributed by atoms with Gasteiger partial charge in [0.1, 0.15) is 11.4 Å². The quantitative estimate of drug-likeness (QED) is 0.341. The first-order valence-corrected chi connectivity index (χ1v) is 13.3. The molecule has 206 valence electrons. The Balaban J connectivity index is 1.60. The number of carbonyl (C=O) groups is 2. The number of aliphatic hydroxyl groups excluding tert-OH is 1. The van der Waals surface area contributed by atoms with Gasteiger partial charge in [0.25, 0.3) is 0 Å². The van der Waals surface area contributed by atoms with E-state index in [0.717, 1.165) is 23.1 Å². The smallest absolute Gasteiger partial charge is 0.410 e. The number of carbonyl (C=O) groups excluding carboxylic acids is 2. The van der Waals surface area contributed by atoms with Gasteiger partial charge in [0.05, 0.1) is 25.3 Å². The van der Waals surface area contributed by atoms with Crippen LogP contribution < -0.4 is 0 Å². The van der Waals surface area contributed by atoms with E-state index in [2.05, 4.69) is 4.74 Å². The number of halogens is 2. The molecule has 0 unspecified atom stereocenters. The molecule has 3 aromatic carbocycles. The van der Waals surface area contributed by atoms with Gasteiger partial charge in [-0.2, -0.15) is 0 Å². The van der Waals surface area contributed by atoms with Crippen LogP contribution >= 0.6 is 11.6 Å². The van der Waals surface area contributed by atoms with Crippen LogP contribution in [0.4, 0.5) is 9.18 Å². The average Bonchev–Trinajstić information content (AvgIpc) is 2.89. The summed E-state index contributed by atoms with van der Waals surface area (Å²) in [5.74, 6) is -1.38. The van der Waals surface area contributed by atoms with Gasteiger partial charge in [0.15, 0.2) is 0 Å². The van der Waals surface area contributed by atoms with E-state index in [1.807, 2.05) is 39.0 Å². The Kier molecular flexibility index (Phi) is 8.62. The zero-order valence-corrected chi connectivity index (χ0v) is 23.3. The summed E-state index contributed by atoms with van der Waals surface area (Å²) < 4.78 is 25.0. The second-order valence-electron chi connectivity index (χ2n) is 10.8. The lowest BCUT2D eigenvalue weighted by Gasteiger charge is -2.37. The number of aliphatic hydroxyl groups is 1. The van der Waals surface area contributed by atoms with Crippen LogP contribution in [-0.2, 0) is 22.3 Å². The number of methoxy groups -OCH3 is 1. The summed E-state index contributed by atoms with van der Waals surface area (Å²) in [6, 6.07) is 17.1. The highest BCUT2D eigenvalue weighted by atomic mass is 35.5. The Bertz CT molecular complexity index is 1370. The van der Waals surface area contributed by atoms with Crippen molar-refractivity contribution in [2.45, 2.75) is 57.8 Å². The van der Waals surface area contributed by atoms with E-state index >= 15 is 0 Å². The number of esters is 1. The molecule has 39 heavy (non-hydrogen) atoms. The molecule has 2 atom stereocenters. The van der Waals surface area contributed by atoms with Gasteiger partial charge in [-0.1, -0.05) is 48.0 Å². The number of rotatable bonds is 6. The Hall–Kier alpha value is -3.42. The lowest BCUT2D eigenvalue weighted by atomic mass is 9.85. The van der Waals surface area contributed by atoms with Gasteiger partial charge in [-0.25, -0.2) is 14.0 Å². The third-order valence-electron chi connectivity index (χ3n) is 6.79. The summed E-state index contributed by atoms with van der Waals surface area (Å²) in [4.78, 5) is 26.7. The Labute approximate surface area is 233 Å². The second kappa shape index (κ2) is 11.8. The molecule has 1 N–H and O–H groups in total.